The third-order valence-corrected chi connectivity index (χ3v) is 6.28. The Balaban J connectivity index is 1.78. The first-order valence-corrected chi connectivity index (χ1v) is 11.7. The maximum atomic E-state index is 13.3. The molecule has 1 aromatic heterocycles. The summed E-state index contributed by atoms with van der Waals surface area (Å²) < 4.78 is 37.4. The Morgan fingerprint density at radius 3 is 2.48 bits per heavy atom. The van der Waals surface area contributed by atoms with Gasteiger partial charge in [-0.1, -0.05) is 18.2 Å². The van der Waals surface area contributed by atoms with Gasteiger partial charge in [0.2, 0.25) is 10.0 Å². The first kappa shape index (κ1) is 20.2. The van der Waals surface area contributed by atoms with Crippen LogP contribution in [0.25, 0.3) is 5.69 Å². The number of hydrogen-bond acceptors (Lipinski definition) is 6. The van der Waals surface area contributed by atoms with E-state index in [9.17, 15) is 12.8 Å². The number of hydrogen-bond donors (Lipinski definition) is 1. The predicted octanol–water partition coefficient (Wildman–Crippen LogP) is 2.16. The molecule has 148 valence electrons. The molecule has 0 atom stereocenters. The van der Waals surface area contributed by atoms with Crippen molar-refractivity contribution in [2.45, 2.75) is 37.4 Å². The highest BCUT2D eigenvalue weighted by Crippen LogP contribution is 2.24. The van der Waals surface area contributed by atoms with Gasteiger partial charge >= 0.3 is 0 Å². The predicted molar refractivity (Wildman–Crippen MR) is 104 cm³/mol. The average Bonchev–Trinajstić information content (AvgIpc) is 3.02. The highest BCUT2D eigenvalue weighted by molar-refractivity contribution is 7.99. The van der Waals surface area contributed by atoms with Crippen molar-refractivity contribution in [3.05, 3.63) is 35.9 Å². The maximum absolute atomic E-state index is 13.3. The molecule has 0 unspecified atom stereocenters. The summed E-state index contributed by atoms with van der Waals surface area (Å²) in [6, 6.07) is 6.23. The van der Waals surface area contributed by atoms with Crippen LogP contribution in [0.15, 0.2) is 29.4 Å². The van der Waals surface area contributed by atoms with Crippen LogP contribution in [0.1, 0.15) is 31.5 Å². The summed E-state index contributed by atoms with van der Waals surface area (Å²) >= 11 is 1.43. The lowest BCUT2D eigenvalue weighted by atomic mass is 10.1. The molecule has 2 aromatic rings. The lowest BCUT2D eigenvalue weighted by Gasteiger charge is -2.26. The molecule has 0 bridgehead atoms. The van der Waals surface area contributed by atoms with Gasteiger partial charge in [0.05, 0.1) is 12.3 Å². The van der Waals surface area contributed by atoms with Gasteiger partial charge in [0.25, 0.3) is 0 Å². The first-order chi connectivity index (χ1) is 12.9. The molecule has 1 fully saturated rings. The van der Waals surface area contributed by atoms with Gasteiger partial charge in [-0.3, -0.25) is 9.47 Å². The second kappa shape index (κ2) is 9.13. The molecule has 1 aliphatic rings. The number of aromatic nitrogens is 3. The molecule has 0 spiro atoms. The van der Waals surface area contributed by atoms with Crippen LogP contribution >= 0.6 is 11.8 Å². The molecule has 2 N–H and O–H groups in total. The quantitative estimate of drug-likeness (QED) is 0.526. The lowest BCUT2D eigenvalue weighted by molar-refractivity contribution is 0.214. The normalized spacial score (nSPS) is 15.9. The van der Waals surface area contributed by atoms with E-state index in [0.717, 1.165) is 24.6 Å². The van der Waals surface area contributed by atoms with Gasteiger partial charge in [-0.25, -0.2) is 17.9 Å². The van der Waals surface area contributed by atoms with Gasteiger partial charge in [-0.2, -0.15) is 0 Å². The number of likely N-dealkylation sites (tertiary alicyclic amines) is 1. The van der Waals surface area contributed by atoms with Gasteiger partial charge in [0.1, 0.15) is 5.82 Å². The summed E-state index contributed by atoms with van der Waals surface area (Å²) in [5.74, 6) is 0.995. The van der Waals surface area contributed by atoms with E-state index >= 15 is 0 Å². The average molecular weight is 414 g/mol. The molecule has 27 heavy (non-hydrogen) atoms. The van der Waals surface area contributed by atoms with E-state index in [1.165, 1.54) is 43.2 Å². The van der Waals surface area contributed by atoms with Crippen LogP contribution in [-0.4, -0.2) is 52.7 Å². The number of sulfonamides is 1. The summed E-state index contributed by atoms with van der Waals surface area (Å²) in [6.45, 7) is 2.75. The summed E-state index contributed by atoms with van der Waals surface area (Å²) in [6.07, 6.45) is 4.05. The molecule has 7 nitrogen and oxygen atoms in total. The van der Waals surface area contributed by atoms with Gasteiger partial charge in [0, 0.05) is 11.4 Å². The van der Waals surface area contributed by atoms with E-state index in [1.54, 1.807) is 12.1 Å². The Morgan fingerprint density at radius 1 is 1.11 bits per heavy atom. The summed E-state index contributed by atoms with van der Waals surface area (Å²) in [5.41, 5.74) is 0.794. The van der Waals surface area contributed by atoms with Gasteiger partial charge < -0.3 is 0 Å². The topological polar surface area (TPSA) is 94.1 Å². The second-order valence-corrected chi connectivity index (χ2v) is 9.41. The zero-order valence-electron chi connectivity index (χ0n) is 15.1. The van der Waals surface area contributed by atoms with Gasteiger partial charge in [0.15, 0.2) is 11.0 Å². The minimum Gasteiger partial charge on any atom is -0.296 e. The van der Waals surface area contributed by atoms with Crippen molar-refractivity contribution in [1.82, 2.24) is 19.7 Å². The van der Waals surface area contributed by atoms with E-state index < -0.39 is 10.0 Å². The largest absolute Gasteiger partial charge is 0.296 e. The van der Waals surface area contributed by atoms with E-state index in [-0.39, 0.29) is 11.6 Å². The maximum Gasteiger partial charge on any atom is 0.209 e. The molecular formula is C17H24FN5O2S2. The number of nitrogens with zero attached hydrogens (tertiary/aromatic N) is 4. The van der Waals surface area contributed by atoms with E-state index in [0.29, 0.717) is 23.9 Å². The Hall–Kier alpha value is -1.49. The molecule has 1 saturated heterocycles. The summed E-state index contributed by atoms with van der Waals surface area (Å²) in [4.78, 5) is 2.35. The van der Waals surface area contributed by atoms with Crippen LogP contribution in [0.2, 0.25) is 0 Å². The molecule has 3 rings (SSSR count). The van der Waals surface area contributed by atoms with Crippen LogP contribution in [-0.2, 0) is 16.6 Å². The molecule has 0 saturated carbocycles. The fourth-order valence-electron chi connectivity index (χ4n) is 3.09. The van der Waals surface area contributed by atoms with Crippen LogP contribution in [0.5, 0.6) is 0 Å². The van der Waals surface area contributed by atoms with E-state index in [1.807, 2.05) is 4.57 Å². The number of thioether (sulfide) groups is 1. The minimum atomic E-state index is -3.46. The molecule has 2 heterocycles. The highest BCUT2D eigenvalue weighted by Gasteiger charge is 2.19. The monoisotopic (exact) mass is 413 g/mol. The molecule has 1 aromatic carbocycles. The zero-order chi connectivity index (χ0) is 19.3. The Labute approximate surface area is 163 Å². The SMILES string of the molecule is NS(=O)(=O)CCCSc1nnc(CN2CCCCC2)n1-c1ccc(F)cc1. The highest BCUT2D eigenvalue weighted by atomic mass is 32.2. The fourth-order valence-corrected chi connectivity index (χ4v) is 4.73. The summed E-state index contributed by atoms with van der Waals surface area (Å²) in [7, 11) is -3.46. The molecule has 1 aliphatic heterocycles. The lowest BCUT2D eigenvalue weighted by Crippen LogP contribution is -2.30. The van der Waals surface area contributed by atoms with E-state index in [2.05, 4.69) is 15.1 Å². The van der Waals surface area contributed by atoms with Crippen LogP contribution < -0.4 is 5.14 Å². The van der Waals surface area contributed by atoms with Crippen LogP contribution in [0, 0.1) is 5.82 Å². The van der Waals surface area contributed by atoms with Crippen molar-refractivity contribution in [3.63, 3.8) is 0 Å². The molecule has 0 aliphatic carbocycles. The number of piperidine rings is 1. The zero-order valence-corrected chi connectivity index (χ0v) is 16.7. The Bertz CT molecular complexity index is 849. The Kier molecular flexibility index (Phi) is 6.85. The number of rotatable bonds is 8. The molecular weight excluding hydrogens is 389 g/mol. The van der Waals surface area contributed by atoms with Crippen molar-refractivity contribution >= 4 is 21.8 Å². The van der Waals surface area contributed by atoms with Gasteiger partial charge in [-0.05, 0) is 56.6 Å². The number of benzene rings is 1. The standard InChI is InChI=1S/C17H24FN5O2S2/c18-14-5-7-15(8-6-14)23-16(13-22-9-2-1-3-10-22)20-21-17(23)26-11-4-12-27(19,24)25/h5-8H,1-4,9-13H2,(H2,19,24,25). The number of primary sulfonamides is 1. The molecule has 0 amide bonds. The van der Waals surface area contributed by atoms with Crippen molar-refractivity contribution in [2.75, 3.05) is 24.6 Å². The Morgan fingerprint density at radius 2 is 1.81 bits per heavy atom. The van der Waals surface area contributed by atoms with Crippen LogP contribution in [0.4, 0.5) is 4.39 Å². The first-order valence-electron chi connectivity index (χ1n) is 8.98. The second-order valence-electron chi connectivity index (χ2n) is 6.62. The smallest absolute Gasteiger partial charge is 0.209 e. The molecule has 0 radical (unpaired) electrons. The van der Waals surface area contributed by atoms with Crippen molar-refractivity contribution in [2.24, 2.45) is 5.14 Å². The molecule has 10 heteroatoms. The van der Waals surface area contributed by atoms with Crippen molar-refractivity contribution < 1.29 is 12.8 Å². The number of halogens is 1. The van der Waals surface area contributed by atoms with Crippen molar-refractivity contribution in [3.8, 4) is 5.69 Å². The van der Waals surface area contributed by atoms with Gasteiger partial charge in [-0.15, -0.1) is 10.2 Å². The van der Waals surface area contributed by atoms with Crippen LogP contribution in [0.3, 0.4) is 0 Å². The summed E-state index contributed by atoms with van der Waals surface area (Å²) in [5, 5.41) is 14.4. The third-order valence-electron chi connectivity index (χ3n) is 4.40. The van der Waals surface area contributed by atoms with Crippen molar-refractivity contribution in [1.29, 1.82) is 0 Å². The minimum absolute atomic E-state index is 0.0642. The third kappa shape index (κ3) is 6.00. The fraction of sp³-hybridized carbons (Fsp3) is 0.529. The van der Waals surface area contributed by atoms with E-state index in [4.69, 9.17) is 5.14 Å². The number of nitrogens with two attached hydrogens (primary N) is 1.